The largest absolute Gasteiger partial charge is 0.495 e. The van der Waals surface area contributed by atoms with Gasteiger partial charge in [0, 0.05) is 11.9 Å². The smallest absolute Gasteiger partial charge is 0.216 e. The molecule has 0 saturated carbocycles. The molecule has 96 valence electrons. The average Bonchev–Trinajstić information content (AvgIpc) is 2.94. The van der Waals surface area contributed by atoms with Crippen LogP contribution in [0.4, 0.5) is 5.69 Å². The molecule has 7 nitrogen and oxygen atoms in total. The van der Waals surface area contributed by atoms with Crippen molar-refractivity contribution in [2.75, 3.05) is 12.4 Å². The molecule has 0 bridgehead atoms. The van der Waals surface area contributed by atoms with Gasteiger partial charge in [-0.25, -0.2) is 0 Å². The minimum Gasteiger partial charge on any atom is -0.495 e. The van der Waals surface area contributed by atoms with Crippen LogP contribution in [0.3, 0.4) is 0 Å². The van der Waals surface area contributed by atoms with Gasteiger partial charge in [-0.2, -0.15) is 10.5 Å². The number of methoxy groups -OCH3 is 1. The van der Waals surface area contributed by atoms with Gasteiger partial charge in [0.1, 0.15) is 17.4 Å². The lowest BCUT2D eigenvalue weighted by atomic mass is 10.2. The number of hydrogen-bond acceptors (Lipinski definition) is 6. The predicted molar refractivity (Wildman–Crippen MR) is 69.4 cm³/mol. The number of nitrogens with zero attached hydrogens (tertiary/aromatic N) is 4. The lowest BCUT2D eigenvalue weighted by molar-refractivity contribution is 0.415. The summed E-state index contributed by atoms with van der Waals surface area (Å²) in [6, 6.07) is 7.14. The van der Waals surface area contributed by atoms with E-state index in [2.05, 4.69) is 25.9 Å². The normalized spacial score (nSPS) is 10.9. The van der Waals surface area contributed by atoms with Crippen LogP contribution in [-0.4, -0.2) is 27.7 Å². The quantitative estimate of drug-likeness (QED) is 0.827. The summed E-state index contributed by atoms with van der Waals surface area (Å²) >= 11 is 5.99. The summed E-state index contributed by atoms with van der Waals surface area (Å²) in [6.45, 7) is 0. The number of nitrogens with one attached hydrogen (secondary N) is 2. The van der Waals surface area contributed by atoms with Gasteiger partial charge in [0.2, 0.25) is 5.82 Å². The van der Waals surface area contributed by atoms with Crippen molar-refractivity contribution in [3.63, 3.8) is 0 Å². The van der Waals surface area contributed by atoms with Gasteiger partial charge in [-0.15, -0.1) is 10.2 Å². The minimum atomic E-state index is 0.217. The third-order valence-electron chi connectivity index (χ3n) is 2.24. The lowest BCUT2D eigenvalue weighted by Crippen LogP contribution is -1.93. The molecule has 0 atom stereocenters. The van der Waals surface area contributed by atoms with E-state index in [0.29, 0.717) is 16.5 Å². The topological polar surface area (TPSA) is 99.5 Å². The second-order valence-electron chi connectivity index (χ2n) is 3.40. The van der Waals surface area contributed by atoms with Gasteiger partial charge < -0.3 is 10.1 Å². The fourth-order valence-electron chi connectivity index (χ4n) is 1.33. The Bertz CT molecular complexity index is 631. The van der Waals surface area contributed by atoms with Gasteiger partial charge in [-0.1, -0.05) is 11.6 Å². The van der Waals surface area contributed by atoms with E-state index in [4.69, 9.17) is 21.6 Å². The Labute approximate surface area is 113 Å². The molecule has 0 fully saturated rings. The van der Waals surface area contributed by atoms with Crippen molar-refractivity contribution < 1.29 is 4.74 Å². The SMILES string of the molecule is COc1ccc(NC=C(C#N)c2nn[nH]n2)cc1Cl. The molecule has 0 aliphatic rings. The number of tetrazole rings is 1. The van der Waals surface area contributed by atoms with Crippen LogP contribution < -0.4 is 10.1 Å². The van der Waals surface area contributed by atoms with E-state index in [9.17, 15) is 0 Å². The van der Waals surface area contributed by atoms with Crippen LogP contribution in [-0.2, 0) is 0 Å². The van der Waals surface area contributed by atoms with Gasteiger partial charge in [-0.3, -0.25) is 0 Å². The number of nitriles is 1. The maximum atomic E-state index is 8.99. The van der Waals surface area contributed by atoms with Crippen LogP contribution in [0.15, 0.2) is 24.4 Å². The van der Waals surface area contributed by atoms with Crippen molar-refractivity contribution in [1.82, 2.24) is 20.6 Å². The molecule has 2 aromatic rings. The summed E-state index contributed by atoms with van der Waals surface area (Å²) in [5.41, 5.74) is 0.961. The van der Waals surface area contributed by atoms with Crippen molar-refractivity contribution in [2.24, 2.45) is 0 Å². The molecule has 19 heavy (non-hydrogen) atoms. The molecule has 0 unspecified atom stereocenters. The van der Waals surface area contributed by atoms with E-state index in [1.165, 1.54) is 13.3 Å². The number of H-pyrrole nitrogens is 1. The fourth-order valence-corrected chi connectivity index (χ4v) is 1.59. The molecule has 0 amide bonds. The van der Waals surface area contributed by atoms with E-state index in [1.807, 2.05) is 6.07 Å². The number of aromatic nitrogens is 4. The molecule has 0 aliphatic heterocycles. The molecule has 2 N–H and O–H groups in total. The number of rotatable bonds is 4. The highest BCUT2D eigenvalue weighted by atomic mass is 35.5. The van der Waals surface area contributed by atoms with Crippen LogP contribution in [0.5, 0.6) is 5.75 Å². The van der Waals surface area contributed by atoms with E-state index >= 15 is 0 Å². The molecule has 8 heteroatoms. The van der Waals surface area contributed by atoms with Crippen LogP contribution >= 0.6 is 11.6 Å². The number of hydrogen-bond donors (Lipinski definition) is 2. The maximum absolute atomic E-state index is 8.99. The van der Waals surface area contributed by atoms with E-state index in [-0.39, 0.29) is 11.4 Å². The van der Waals surface area contributed by atoms with Crippen molar-refractivity contribution in [3.8, 4) is 11.8 Å². The number of anilines is 1. The zero-order valence-corrected chi connectivity index (χ0v) is 10.6. The zero-order chi connectivity index (χ0) is 13.7. The van der Waals surface area contributed by atoms with Crippen molar-refractivity contribution in [3.05, 3.63) is 35.2 Å². The lowest BCUT2D eigenvalue weighted by Gasteiger charge is -2.05. The van der Waals surface area contributed by atoms with Crippen LogP contribution in [0, 0.1) is 11.3 Å². The first kappa shape index (κ1) is 12.9. The Morgan fingerprint density at radius 3 is 3.00 bits per heavy atom. The average molecular weight is 277 g/mol. The molecule has 0 radical (unpaired) electrons. The van der Waals surface area contributed by atoms with E-state index < -0.39 is 0 Å². The summed E-state index contributed by atoms with van der Waals surface area (Å²) < 4.78 is 5.05. The van der Waals surface area contributed by atoms with Crippen LogP contribution in [0.25, 0.3) is 5.57 Å². The number of ether oxygens (including phenoxy) is 1. The van der Waals surface area contributed by atoms with Gasteiger partial charge in [0.25, 0.3) is 0 Å². The molecule has 1 aromatic carbocycles. The Balaban J connectivity index is 2.18. The minimum absolute atomic E-state index is 0.217. The van der Waals surface area contributed by atoms with Gasteiger partial charge in [0.15, 0.2) is 0 Å². The summed E-state index contributed by atoms with van der Waals surface area (Å²) in [7, 11) is 1.54. The van der Waals surface area contributed by atoms with Gasteiger partial charge in [-0.05, 0) is 23.4 Å². The highest BCUT2D eigenvalue weighted by Gasteiger charge is 2.06. The molecule has 0 saturated heterocycles. The first-order valence-electron chi connectivity index (χ1n) is 5.18. The third kappa shape index (κ3) is 3.00. The molecule has 1 aromatic heterocycles. The molecule has 1 heterocycles. The standard InChI is InChI=1S/C11H9ClN6O/c1-19-10-3-2-8(4-9(10)12)14-6-7(5-13)11-15-17-18-16-11/h2-4,6,14H,1H3,(H,15,16,17,18). The fraction of sp³-hybridized carbons (Fsp3) is 0.0909. The summed E-state index contributed by atoms with van der Waals surface area (Å²) in [5, 5.41) is 25.5. The van der Waals surface area contributed by atoms with Crippen molar-refractivity contribution >= 4 is 22.9 Å². The summed E-state index contributed by atoms with van der Waals surface area (Å²) in [5.74, 6) is 0.796. The molecular formula is C11H9ClN6O. The van der Waals surface area contributed by atoms with Crippen LogP contribution in [0.2, 0.25) is 5.02 Å². The molecule has 0 aliphatic carbocycles. The van der Waals surface area contributed by atoms with Gasteiger partial charge in [0.05, 0.1) is 12.1 Å². The predicted octanol–water partition coefficient (Wildman–Crippen LogP) is 1.84. The molecule has 2 rings (SSSR count). The highest BCUT2D eigenvalue weighted by Crippen LogP contribution is 2.27. The maximum Gasteiger partial charge on any atom is 0.216 e. The summed E-state index contributed by atoms with van der Waals surface area (Å²) in [6.07, 6.45) is 1.48. The van der Waals surface area contributed by atoms with Crippen LogP contribution in [0.1, 0.15) is 5.82 Å². The van der Waals surface area contributed by atoms with Gasteiger partial charge >= 0.3 is 0 Å². The first-order valence-corrected chi connectivity index (χ1v) is 5.56. The Hall–Kier alpha value is -2.59. The second kappa shape index (κ2) is 5.84. The zero-order valence-electron chi connectivity index (χ0n) is 9.88. The van der Waals surface area contributed by atoms with E-state index in [0.717, 1.165) is 0 Å². The molecular weight excluding hydrogens is 268 g/mol. The third-order valence-corrected chi connectivity index (χ3v) is 2.54. The van der Waals surface area contributed by atoms with E-state index in [1.54, 1.807) is 18.2 Å². The number of aromatic amines is 1. The van der Waals surface area contributed by atoms with Crippen molar-refractivity contribution in [2.45, 2.75) is 0 Å². The summed E-state index contributed by atoms with van der Waals surface area (Å²) in [4.78, 5) is 0. The Morgan fingerprint density at radius 2 is 2.42 bits per heavy atom. The number of halogens is 1. The Kier molecular flexibility index (Phi) is 3.95. The Morgan fingerprint density at radius 1 is 1.58 bits per heavy atom. The first-order chi connectivity index (χ1) is 9.24. The molecule has 0 spiro atoms. The number of allylic oxidation sites excluding steroid dienone is 1. The number of benzene rings is 1. The van der Waals surface area contributed by atoms with Crippen molar-refractivity contribution in [1.29, 1.82) is 5.26 Å². The second-order valence-corrected chi connectivity index (χ2v) is 3.81. The monoisotopic (exact) mass is 276 g/mol. The highest BCUT2D eigenvalue weighted by molar-refractivity contribution is 6.32.